The fourth-order valence-corrected chi connectivity index (χ4v) is 1.97. The standard InChI is InChI=1S/C10H10FN3S/c11-10-8(3-7-1-2-15-5-7)13-6-14-9(10)4-12/h1-2,5-6H,3-4,12H2. The largest absolute Gasteiger partial charge is 0.325 e. The van der Waals surface area contributed by atoms with Crippen LogP contribution >= 0.6 is 11.3 Å². The minimum absolute atomic E-state index is 0.102. The second-order valence-electron chi connectivity index (χ2n) is 3.09. The maximum Gasteiger partial charge on any atom is 0.167 e. The van der Waals surface area contributed by atoms with Crippen molar-refractivity contribution < 1.29 is 4.39 Å². The minimum Gasteiger partial charge on any atom is -0.325 e. The molecule has 0 saturated carbocycles. The van der Waals surface area contributed by atoms with Gasteiger partial charge in [0, 0.05) is 13.0 Å². The van der Waals surface area contributed by atoms with Crippen molar-refractivity contribution in [3.8, 4) is 0 Å². The Morgan fingerprint density at radius 1 is 1.33 bits per heavy atom. The summed E-state index contributed by atoms with van der Waals surface area (Å²) in [7, 11) is 0. The van der Waals surface area contributed by atoms with E-state index in [2.05, 4.69) is 9.97 Å². The molecule has 78 valence electrons. The Balaban J connectivity index is 2.29. The van der Waals surface area contributed by atoms with E-state index in [-0.39, 0.29) is 18.1 Å². The van der Waals surface area contributed by atoms with Crippen LogP contribution in [0.4, 0.5) is 4.39 Å². The van der Waals surface area contributed by atoms with E-state index >= 15 is 0 Å². The summed E-state index contributed by atoms with van der Waals surface area (Å²) in [4.78, 5) is 7.70. The highest BCUT2D eigenvalue weighted by Crippen LogP contribution is 2.14. The maximum absolute atomic E-state index is 13.7. The number of nitrogens with zero attached hydrogens (tertiary/aromatic N) is 2. The van der Waals surface area contributed by atoms with Gasteiger partial charge in [-0.3, -0.25) is 0 Å². The Hall–Kier alpha value is -1.33. The van der Waals surface area contributed by atoms with Crippen LogP contribution in [0.5, 0.6) is 0 Å². The summed E-state index contributed by atoms with van der Waals surface area (Å²) >= 11 is 1.58. The minimum atomic E-state index is -0.383. The number of hydrogen-bond acceptors (Lipinski definition) is 4. The number of rotatable bonds is 3. The Bertz CT molecular complexity index is 442. The summed E-state index contributed by atoms with van der Waals surface area (Å²) in [5.41, 5.74) is 7.10. The number of halogens is 1. The van der Waals surface area contributed by atoms with E-state index in [0.717, 1.165) is 5.56 Å². The first-order chi connectivity index (χ1) is 7.31. The molecule has 0 bridgehead atoms. The first kappa shape index (κ1) is 10.2. The van der Waals surface area contributed by atoms with Gasteiger partial charge in [0.1, 0.15) is 6.33 Å². The van der Waals surface area contributed by atoms with Gasteiger partial charge in [-0.05, 0) is 22.4 Å². The van der Waals surface area contributed by atoms with E-state index in [1.165, 1.54) is 6.33 Å². The van der Waals surface area contributed by atoms with E-state index in [4.69, 9.17) is 5.73 Å². The molecule has 0 spiro atoms. The highest BCUT2D eigenvalue weighted by molar-refractivity contribution is 7.07. The van der Waals surface area contributed by atoms with Gasteiger partial charge in [0.25, 0.3) is 0 Å². The van der Waals surface area contributed by atoms with Crippen molar-refractivity contribution in [1.29, 1.82) is 0 Å². The van der Waals surface area contributed by atoms with Crippen LogP contribution < -0.4 is 5.73 Å². The molecule has 0 atom stereocenters. The van der Waals surface area contributed by atoms with E-state index in [9.17, 15) is 4.39 Å². The van der Waals surface area contributed by atoms with Crippen LogP contribution in [0.15, 0.2) is 23.2 Å². The third-order valence-electron chi connectivity index (χ3n) is 2.08. The molecule has 3 nitrogen and oxygen atoms in total. The molecule has 2 N–H and O–H groups in total. The number of nitrogens with two attached hydrogens (primary N) is 1. The highest BCUT2D eigenvalue weighted by Gasteiger charge is 2.10. The van der Waals surface area contributed by atoms with Crippen LogP contribution in [0, 0.1) is 5.82 Å². The molecular weight excluding hydrogens is 213 g/mol. The zero-order chi connectivity index (χ0) is 10.7. The summed E-state index contributed by atoms with van der Waals surface area (Å²) in [5, 5.41) is 3.93. The third kappa shape index (κ3) is 2.19. The zero-order valence-electron chi connectivity index (χ0n) is 7.98. The quantitative estimate of drug-likeness (QED) is 0.862. The highest BCUT2D eigenvalue weighted by atomic mass is 32.1. The van der Waals surface area contributed by atoms with Crippen molar-refractivity contribution in [2.24, 2.45) is 5.73 Å². The molecule has 2 aromatic heterocycles. The summed E-state index contributed by atoms with van der Waals surface area (Å²) in [6.45, 7) is 0.102. The lowest BCUT2D eigenvalue weighted by atomic mass is 10.1. The lowest BCUT2D eigenvalue weighted by Gasteiger charge is -2.03. The van der Waals surface area contributed by atoms with Crippen LogP contribution in [0.3, 0.4) is 0 Å². The van der Waals surface area contributed by atoms with Gasteiger partial charge in [0.2, 0.25) is 0 Å². The third-order valence-corrected chi connectivity index (χ3v) is 2.81. The van der Waals surface area contributed by atoms with Crippen molar-refractivity contribution in [1.82, 2.24) is 9.97 Å². The topological polar surface area (TPSA) is 51.8 Å². The van der Waals surface area contributed by atoms with Crippen LogP contribution in [0.25, 0.3) is 0 Å². The Morgan fingerprint density at radius 3 is 2.80 bits per heavy atom. The van der Waals surface area contributed by atoms with Gasteiger partial charge >= 0.3 is 0 Å². The fraction of sp³-hybridized carbons (Fsp3) is 0.200. The number of thiophene rings is 1. The Kier molecular flexibility index (Phi) is 3.03. The van der Waals surface area contributed by atoms with Gasteiger partial charge in [-0.15, -0.1) is 0 Å². The first-order valence-corrected chi connectivity index (χ1v) is 5.45. The summed E-state index contributed by atoms with van der Waals surface area (Å²) in [6.07, 6.45) is 1.85. The average Bonchev–Trinajstić information content (AvgIpc) is 2.74. The molecule has 2 aromatic rings. The molecule has 0 saturated heterocycles. The van der Waals surface area contributed by atoms with Crippen LogP contribution in [-0.2, 0) is 13.0 Å². The zero-order valence-corrected chi connectivity index (χ0v) is 8.80. The lowest BCUT2D eigenvalue weighted by molar-refractivity contribution is 0.574. The van der Waals surface area contributed by atoms with Crippen molar-refractivity contribution in [3.05, 3.63) is 45.9 Å². The van der Waals surface area contributed by atoms with Gasteiger partial charge in [0.05, 0.1) is 11.4 Å². The predicted molar refractivity (Wildman–Crippen MR) is 57.0 cm³/mol. The average molecular weight is 223 g/mol. The molecule has 0 fully saturated rings. The molecule has 0 aliphatic rings. The summed E-state index contributed by atoms with van der Waals surface area (Å²) in [6, 6.07) is 1.95. The van der Waals surface area contributed by atoms with E-state index in [1.807, 2.05) is 16.8 Å². The molecular formula is C10H10FN3S. The van der Waals surface area contributed by atoms with Gasteiger partial charge in [0.15, 0.2) is 5.82 Å². The molecule has 2 heterocycles. The molecule has 0 unspecified atom stereocenters. The van der Waals surface area contributed by atoms with Crippen LogP contribution in [0.1, 0.15) is 17.0 Å². The first-order valence-electron chi connectivity index (χ1n) is 4.50. The monoisotopic (exact) mass is 223 g/mol. The predicted octanol–water partition coefficient (Wildman–Crippen LogP) is 1.73. The van der Waals surface area contributed by atoms with Gasteiger partial charge in [-0.1, -0.05) is 0 Å². The van der Waals surface area contributed by atoms with Crippen LogP contribution in [-0.4, -0.2) is 9.97 Å². The second-order valence-corrected chi connectivity index (χ2v) is 3.87. The SMILES string of the molecule is NCc1ncnc(Cc2ccsc2)c1F. The molecule has 5 heteroatoms. The molecule has 0 amide bonds. The second kappa shape index (κ2) is 4.46. The fourth-order valence-electron chi connectivity index (χ4n) is 1.30. The van der Waals surface area contributed by atoms with Crippen molar-refractivity contribution in [2.45, 2.75) is 13.0 Å². The smallest absolute Gasteiger partial charge is 0.167 e. The molecule has 15 heavy (non-hydrogen) atoms. The normalized spacial score (nSPS) is 10.5. The molecule has 0 aliphatic heterocycles. The lowest BCUT2D eigenvalue weighted by Crippen LogP contribution is -2.07. The number of aromatic nitrogens is 2. The van der Waals surface area contributed by atoms with Gasteiger partial charge < -0.3 is 5.73 Å². The van der Waals surface area contributed by atoms with Gasteiger partial charge in [-0.25, -0.2) is 14.4 Å². The molecule has 0 aromatic carbocycles. The Morgan fingerprint density at radius 2 is 2.13 bits per heavy atom. The van der Waals surface area contributed by atoms with Crippen molar-refractivity contribution in [3.63, 3.8) is 0 Å². The molecule has 0 radical (unpaired) electrons. The summed E-state index contributed by atoms with van der Waals surface area (Å²) in [5.74, 6) is -0.383. The summed E-state index contributed by atoms with van der Waals surface area (Å²) < 4.78 is 13.7. The van der Waals surface area contributed by atoms with Crippen LogP contribution in [0.2, 0.25) is 0 Å². The molecule has 2 rings (SSSR count). The maximum atomic E-state index is 13.7. The Labute approximate surface area is 90.8 Å². The van der Waals surface area contributed by atoms with Gasteiger partial charge in [-0.2, -0.15) is 11.3 Å². The van der Waals surface area contributed by atoms with E-state index in [1.54, 1.807) is 11.3 Å². The van der Waals surface area contributed by atoms with E-state index in [0.29, 0.717) is 12.1 Å². The molecule has 0 aliphatic carbocycles. The van der Waals surface area contributed by atoms with E-state index < -0.39 is 0 Å². The van der Waals surface area contributed by atoms with Crippen molar-refractivity contribution >= 4 is 11.3 Å². The van der Waals surface area contributed by atoms with Crippen molar-refractivity contribution in [2.75, 3.05) is 0 Å². The number of hydrogen-bond donors (Lipinski definition) is 1.